The summed E-state index contributed by atoms with van der Waals surface area (Å²) < 4.78 is 0. The third-order valence-corrected chi connectivity index (χ3v) is 3.14. The maximum atomic E-state index is 4.15. The Morgan fingerprint density at radius 2 is 2.50 bits per heavy atom. The van der Waals surface area contributed by atoms with Crippen LogP contribution in [-0.2, 0) is 6.54 Å². The van der Waals surface area contributed by atoms with Crippen LogP contribution in [-0.4, -0.2) is 36.6 Å². The van der Waals surface area contributed by atoms with Crippen molar-refractivity contribution in [2.75, 3.05) is 26.7 Å². The molecule has 1 atom stereocenters. The molecule has 3 heteroatoms. The van der Waals surface area contributed by atoms with E-state index in [-0.39, 0.29) is 0 Å². The fourth-order valence-electron chi connectivity index (χ4n) is 2.39. The van der Waals surface area contributed by atoms with Gasteiger partial charge < -0.3 is 10.2 Å². The Bertz CT molecular complexity index is 293. The molecule has 0 radical (unpaired) electrons. The summed E-state index contributed by atoms with van der Waals surface area (Å²) in [6.45, 7) is 4.56. The molecule has 1 aromatic rings. The second kappa shape index (κ2) is 5.97. The van der Waals surface area contributed by atoms with Crippen LogP contribution in [0.1, 0.15) is 18.4 Å². The third-order valence-electron chi connectivity index (χ3n) is 3.14. The fraction of sp³-hybridized carbons (Fsp3) is 0.615. The molecule has 0 aromatic carbocycles. The minimum Gasteiger partial charge on any atom is -0.316 e. The lowest BCUT2D eigenvalue weighted by Gasteiger charge is -2.27. The summed E-state index contributed by atoms with van der Waals surface area (Å²) in [7, 11) is 2.20. The van der Waals surface area contributed by atoms with E-state index in [1.807, 2.05) is 18.5 Å². The Balaban J connectivity index is 1.77. The predicted octanol–water partition coefficient (Wildman–Crippen LogP) is 1.51. The van der Waals surface area contributed by atoms with Gasteiger partial charge in [0.05, 0.1) is 0 Å². The zero-order chi connectivity index (χ0) is 11.2. The normalized spacial score (nSPS) is 21.2. The van der Waals surface area contributed by atoms with E-state index < -0.39 is 0 Å². The highest BCUT2D eigenvalue weighted by Gasteiger charge is 2.14. The van der Waals surface area contributed by atoms with Gasteiger partial charge in [0.15, 0.2) is 0 Å². The quantitative estimate of drug-likeness (QED) is 0.832. The van der Waals surface area contributed by atoms with Gasteiger partial charge in [-0.2, -0.15) is 0 Å². The molecule has 0 aliphatic carbocycles. The summed E-state index contributed by atoms with van der Waals surface area (Å²) in [5.41, 5.74) is 1.30. The van der Waals surface area contributed by atoms with E-state index in [0.29, 0.717) is 0 Å². The number of hydrogen-bond donors (Lipinski definition) is 1. The highest BCUT2D eigenvalue weighted by molar-refractivity contribution is 5.07. The van der Waals surface area contributed by atoms with Gasteiger partial charge in [-0.25, -0.2) is 0 Å². The van der Waals surface area contributed by atoms with E-state index in [2.05, 4.69) is 28.3 Å². The first-order valence-electron chi connectivity index (χ1n) is 6.13. The lowest BCUT2D eigenvalue weighted by Crippen LogP contribution is -2.36. The predicted molar refractivity (Wildman–Crippen MR) is 66.2 cm³/mol. The molecular weight excluding hydrogens is 198 g/mol. The Morgan fingerprint density at radius 3 is 3.19 bits per heavy atom. The molecular formula is C13H21N3. The summed E-state index contributed by atoms with van der Waals surface area (Å²) in [5, 5.41) is 3.47. The number of hydrogen-bond acceptors (Lipinski definition) is 3. The number of nitrogens with zero attached hydrogens (tertiary/aromatic N) is 2. The van der Waals surface area contributed by atoms with Crippen LogP contribution in [0.15, 0.2) is 24.5 Å². The number of rotatable bonds is 4. The molecule has 1 aliphatic rings. The van der Waals surface area contributed by atoms with Crippen molar-refractivity contribution in [1.29, 1.82) is 0 Å². The molecule has 1 aromatic heterocycles. The number of pyridine rings is 1. The molecule has 2 heterocycles. The summed E-state index contributed by atoms with van der Waals surface area (Å²) in [6, 6.07) is 4.15. The van der Waals surface area contributed by atoms with Gasteiger partial charge in [0.2, 0.25) is 0 Å². The lowest BCUT2D eigenvalue weighted by atomic mass is 9.99. The van der Waals surface area contributed by atoms with E-state index in [4.69, 9.17) is 0 Å². The first kappa shape index (κ1) is 11.6. The second-order valence-electron chi connectivity index (χ2n) is 4.77. The molecule has 0 amide bonds. The summed E-state index contributed by atoms with van der Waals surface area (Å²) in [4.78, 5) is 6.54. The third kappa shape index (κ3) is 3.58. The molecule has 1 unspecified atom stereocenters. The molecule has 16 heavy (non-hydrogen) atoms. The molecule has 2 rings (SSSR count). The molecule has 3 nitrogen and oxygen atoms in total. The van der Waals surface area contributed by atoms with Gasteiger partial charge in [0, 0.05) is 25.5 Å². The van der Waals surface area contributed by atoms with E-state index in [0.717, 1.165) is 12.5 Å². The van der Waals surface area contributed by atoms with Crippen LogP contribution in [0.4, 0.5) is 0 Å². The molecule has 1 fully saturated rings. The second-order valence-corrected chi connectivity index (χ2v) is 4.77. The highest BCUT2D eigenvalue weighted by atomic mass is 15.1. The SMILES string of the molecule is CN(Cc1cccnc1)CC1CCCNC1. The smallest absolute Gasteiger partial charge is 0.0312 e. The van der Waals surface area contributed by atoms with Crippen molar-refractivity contribution in [2.24, 2.45) is 5.92 Å². The maximum absolute atomic E-state index is 4.15. The highest BCUT2D eigenvalue weighted by Crippen LogP contribution is 2.12. The zero-order valence-electron chi connectivity index (χ0n) is 10.0. The van der Waals surface area contributed by atoms with Gasteiger partial charge in [-0.15, -0.1) is 0 Å². The van der Waals surface area contributed by atoms with Gasteiger partial charge in [-0.05, 0) is 50.5 Å². The molecule has 1 aliphatic heterocycles. The minimum atomic E-state index is 0.815. The van der Waals surface area contributed by atoms with Crippen molar-refractivity contribution in [3.05, 3.63) is 30.1 Å². The van der Waals surface area contributed by atoms with Crippen molar-refractivity contribution >= 4 is 0 Å². The van der Waals surface area contributed by atoms with E-state index >= 15 is 0 Å². The molecule has 0 spiro atoms. The molecule has 1 N–H and O–H groups in total. The van der Waals surface area contributed by atoms with E-state index in [1.54, 1.807) is 0 Å². The van der Waals surface area contributed by atoms with Gasteiger partial charge in [0.1, 0.15) is 0 Å². The number of aromatic nitrogens is 1. The Hall–Kier alpha value is -0.930. The first-order valence-corrected chi connectivity index (χ1v) is 6.13. The molecule has 1 saturated heterocycles. The van der Waals surface area contributed by atoms with Gasteiger partial charge in [-0.3, -0.25) is 4.98 Å². The van der Waals surface area contributed by atoms with Gasteiger partial charge in [0.25, 0.3) is 0 Å². The summed E-state index contributed by atoms with van der Waals surface area (Å²) in [6.07, 6.45) is 6.47. The van der Waals surface area contributed by atoms with Crippen LogP contribution in [0.3, 0.4) is 0 Å². The van der Waals surface area contributed by atoms with E-state index in [9.17, 15) is 0 Å². The standard InChI is InChI=1S/C13H21N3/c1-16(10-12-4-2-6-14-8-12)11-13-5-3-7-15-9-13/h2,4,6,8,13,15H,3,5,7,9-11H2,1H3. The molecule has 0 bridgehead atoms. The van der Waals surface area contributed by atoms with Crippen LogP contribution < -0.4 is 5.32 Å². The first-order chi connectivity index (χ1) is 7.84. The average molecular weight is 219 g/mol. The number of nitrogens with one attached hydrogen (secondary N) is 1. The van der Waals surface area contributed by atoms with Crippen molar-refractivity contribution in [3.8, 4) is 0 Å². The van der Waals surface area contributed by atoms with Crippen molar-refractivity contribution in [2.45, 2.75) is 19.4 Å². The topological polar surface area (TPSA) is 28.2 Å². The minimum absolute atomic E-state index is 0.815. The van der Waals surface area contributed by atoms with Crippen LogP contribution in [0, 0.1) is 5.92 Å². The number of piperidine rings is 1. The molecule has 0 saturated carbocycles. The van der Waals surface area contributed by atoms with Crippen molar-refractivity contribution < 1.29 is 0 Å². The Labute approximate surface area is 97.9 Å². The monoisotopic (exact) mass is 219 g/mol. The lowest BCUT2D eigenvalue weighted by molar-refractivity contribution is 0.237. The van der Waals surface area contributed by atoms with Crippen LogP contribution in [0.2, 0.25) is 0 Å². The largest absolute Gasteiger partial charge is 0.316 e. The van der Waals surface area contributed by atoms with Crippen LogP contribution in [0.5, 0.6) is 0 Å². The van der Waals surface area contributed by atoms with Crippen LogP contribution in [0.25, 0.3) is 0 Å². The van der Waals surface area contributed by atoms with Gasteiger partial charge in [-0.1, -0.05) is 6.07 Å². The summed E-state index contributed by atoms with van der Waals surface area (Å²) >= 11 is 0. The fourth-order valence-corrected chi connectivity index (χ4v) is 2.39. The summed E-state index contributed by atoms with van der Waals surface area (Å²) in [5.74, 6) is 0.815. The average Bonchev–Trinajstić information content (AvgIpc) is 2.31. The maximum Gasteiger partial charge on any atom is 0.0312 e. The Morgan fingerprint density at radius 1 is 1.56 bits per heavy atom. The van der Waals surface area contributed by atoms with Crippen molar-refractivity contribution in [1.82, 2.24) is 15.2 Å². The van der Waals surface area contributed by atoms with Gasteiger partial charge >= 0.3 is 0 Å². The molecule has 88 valence electrons. The van der Waals surface area contributed by atoms with E-state index in [1.165, 1.54) is 38.0 Å². The Kier molecular flexibility index (Phi) is 4.31. The van der Waals surface area contributed by atoms with Crippen LogP contribution >= 0.6 is 0 Å². The van der Waals surface area contributed by atoms with Crippen molar-refractivity contribution in [3.63, 3.8) is 0 Å². The zero-order valence-corrected chi connectivity index (χ0v) is 10.0.